The van der Waals surface area contributed by atoms with Crippen LogP contribution in [0.4, 0.5) is 0 Å². The lowest BCUT2D eigenvalue weighted by Crippen LogP contribution is -2.19. The molecule has 1 aliphatic carbocycles. The number of hydrogen-bond acceptors (Lipinski definition) is 5. The van der Waals surface area contributed by atoms with Gasteiger partial charge in [0.1, 0.15) is 0 Å². The molecule has 1 atom stereocenters. The van der Waals surface area contributed by atoms with Crippen LogP contribution in [-0.4, -0.2) is 32.5 Å². The molecule has 0 fully saturated rings. The number of pyridine rings is 2. The summed E-state index contributed by atoms with van der Waals surface area (Å²) >= 11 is 0. The molecule has 0 bridgehead atoms. The summed E-state index contributed by atoms with van der Waals surface area (Å²) in [6.45, 7) is 4.26. The van der Waals surface area contributed by atoms with E-state index in [1.807, 2.05) is 50.4 Å². The number of carbonyl (C=O) groups excluding carboxylic acids is 1. The maximum atomic E-state index is 12.0. The molecule has 3 aromatic heterocycles. The first-order valence-electron chi connectivity index (χ1n) is 11.4. The molecule has 0 saturated carbocycles. The summed E-state index contributed by atoms with van der Waals surface area (Å²) in [7, 11) is 0. The molecule has 33 heavy (non-hydrogen) atoms. The van der Waals surface area contributed by atoms with Gasteiger partial charge >= 0.3 is 5.97 Å². The highest BCUT2D eigenvalue weighted by Gasteiger charge is 2.23. The first-order valence-corrected chi connectivity index (χ1v) is 11.4. The summed E-state index contributed by atoms with van der Waals surface area (Å²) in [5.74, 6) is -0.131. The first-order chi connectivity index (χ1) is 16.1. The van der Waals surface area contributed by atoms with Crippen LogP contribution in [0.3, 0.4) is 0 Å². The lowest BCUT2D eigenvalue weighted by molar-refractivity contribution is -0.148. The molecule has 0 amide bonds. The average molecular weight is 439 g/mol. The predicted molar refractivity (Wildman–Crippen MR) is 129 cm³/mol. The van der Waals surface area contributed by atoms with E-state index in [2.05, 4.69) is 38.1 Å². The third kappa shape index (κ3) is 4.29. The second-order valence-electron chi connectivity index (χ2n) is 8.37. The fraction of sp³-hybridized carbons (Fsp3) is 0.259. The van der Waals surface area contributed by atoms with E-state index < -0.39 is 0 Å². The van der Waals surface area contributed by atoms with E-state index in [1.54, 1.807) is 6.33 Å². The fourth-order valence-corrected chi connectivity index (χ4v) is 4.42. The summed E-state index contributed by atoms with van der Waals surface area (Å²) in [5.41, 5.74) is 7.90. The highest BCUT2D eigenvalue weighted by Crippen LogP contribution is 2.34. The van der Waals surface area contributed by atoms with Crippen LogP contribution in [-0.2, 0) is 9.53 Å². The second kappa shape index (κ2) is 8.98. The molecule has 1 aromatic carbocycles. The van der Waals surface area contributed by atoms with Crippen LogP contribution in [0.5, 0.6) is 0 Å². The van der Waals surface area contributed by atoms with Gasteiger partial charge in [-0.1, -0.05) is 18.2 Å². The number of ether oxygens (including phenoxy) is 1. The number of aromatic amines is 1. The lowest BCUT2D eigenvalue weighted by atomic mass is 9.87. The van der Waals surface area contributed by atoms with Gasteiger partial charge in [-0.2, -0.15) is 0 Å². The zero-order chi connectivity index (χ0) is 22.8. The predicted octanol–water partition coefficient (Wildman–Crippen LogP) is 5.74. The van der Waals surface area contributed by atoms with E-state index in [4.69, 9.17) is 4.74 Å². The van der Waals surface area contributed by atoms with E-state index in [1.165, 1.54) is 5.57 Å². The van der Waals surface area contributed by atoms with Crippen molar-refractivity contribution >= 4 is 22.4 Å². The van der Waals surface area contributed by atoms with Crippen LogP contribution in [0.15, 0.2) is 61.1 Å². The number of fused-ring (bicyclic) bond motifs is 1. The number of nitrogens with zero attached hydrogens (tertiary/aromatic N) is 3. The van der Waals surface area contributed by atoms with Crippen LogP contribution >= 0.6 is 0 Å². The molecule has 1 unspecified atom stereocenters. The van der Waals surface area contributed by atoms with Crippen molar-refractivity contribution in [3.8, 4) is 22.6 Å². The molecule has 3 heterocycles. The first kappa shape index (κ1) is 21.1. The third-order valence-corrected chi connectivity index (χ3v) is 6.14. The number of allylic oxidation sites excluding steroid dienone is 2. The van der Waals surface area contributed by atoms with Gasteiger partial charge in [0.2, 0.25) is 0 Å². The van der Waals surface area contributed by atoms with Gasteiger partial charge in [-0.15, -0.1) is 0 Å². The smallest absolute Gasteiger partial charge is 0.309 e. The lowest BCUT2D eigenvalue weighted by Gasteiger charge is -2.20. The quantitative estimate of drug-likeness (QED) is 0.402. The van der Waals surface area contributed by atoms with Gasteiger partial charge in [0, 0.05) is 22.8 Å². The van der Waals surface area contributed by atoms with Gasteiger partial charge < -0.3 is 9.72 Å². The van der Waals surface area contributed by atoms with Crippen molar-refractivity contribution in [3.05, 3.63) is 72.3 Å². The van der Waals surface area contributed by atoms with E-state index in [0.29, 0.717) is 13.0 Å². The maximum absolute atomic E-state index is 12.0. The van der Waals surface area contributed by atoms with Crippen LogP contribution in [0.1, 0.15) is 37.4 Å². The van der Waals surface area contributed by atoms with Crippen molar-refractivity contribution < 1.29 is 9.53 Å². The van der Waals surface area contributed by atoms with Crippen molar-refractivity contribution in [1.29, 1.82) is 0 Å². The Balaban J connectivity index is 1.46. The number of nitrogens with one attached hydrogen (secondary N) is 1. The Hall–Kier alpha value is -3.80. The van der Waals surface area contributed by atoms with Crippen molar-refractivity contribution in [2.75, 3.05) is 6.61 Å². The van der Waals surface area contributed by atoms with E-state index >= 15 is 0 Å². The third-order valence-electron chi connectivity index (χ3n) is 6.14. The molecule has 6 nitrogen and oxygen atoms in total. The number of rotatable bonds is 5. The molecular formula is C27H26N4O2. The highest BCUT2D eigenvalue weighted by atomic mass is 16.5. The Kier molecular flexibility index (Phi) is 5.73. The van der Waals surface area contributed by atoms with E-state index in [9.17, 15) is 4.79 Å². The molecule has 0 saturated heterocycles. The summed E-state index contributed by atoms with van der Waals surface area (Å²) in [4.78, 5) is 29.2. The van der Waals surface area contributed by atoms with Crippen molar-refractivity contribution in [2.24, 2.45) is 5.92 Å². The maximum Gasteiger partial charge on any atom is 0.309 e. The van der Waals surface area contributed by atoms with Gasteiger partial charge in [0.15, 0.2) is 0 Å². The van der Waals surface area contributed by atoms with Crippen molar-refractivity contribution in [3.63, 3.8) is 0 Å². The Morgan fingerprint density at radius 3 is 2.82 bits per heavy atom. The molecule has 166 valence electrons. The van der Waals surface area contributed by atoms with Gasteiger partial charge in [-0.25, -0.2) is 4.98 Å². The topological polar surface area (TPSA) is 80.8 Å². The van der Waals surface area contributed by atoms with Gasteiger partial charge in [0.05, 0.1) is 41.5 Å². The molecular weight excluding hydrogens is 412 g/mol. The summed E-state index contributed by atoms with van der Waals surface area (Å²) in [5, 5.41) is 1.06. The van der Waals surface area contributed by atoms with Crippen LogP contribution in [0, 0.1) is 12.8 Å². The molecule has 6 heteroatoms. The number of aromatic nitrogens is 4. The standard InChI is InChI=1S/C27H26N4O2/c1-3-33-27(32)19-9-7-18(8-10-19)22-14-21-13-20(11-12-23(21)28-15-22)25-26(30-16-29-25)24-6-4-5-17(2)31-24/h4-7,11-16,19H,3,8-10H2,1-2H3,(H,29,30). The Morgan fingerprint density at radius 1 is 1.15 bits per heavy atom. The van der Waals surface area contributed by atoms with Crippen LogP contribution < -0.4 is 0 Å². The molecule has 4 aromatic rings. The Morgan fingerprint density at radius 2 is 2.03 bits per heavy atom. The number of carbonyl (C=O) groups is 1. The second-order valence-corrected chi connectivity index (χ2v) is 8.37. The molecule has 0 aliphatic heterocycles. The normalized spacial score (nSPS) is 15.9. The van der Waals surface area contributed by atoms with Crippen molar-refractivity contribution in [2.45, 2.75) is 33.1 Å². The number of H-pyrrole nitrogens is 1. The van der Waals surface area contributed by atoms with E-state index in [0.717, 1.165) is 57.6 Å². The monoisotopic (exact) mass is 438 g/mol. The van der Waals surface area contributed by atoms with Gasteiger partial charge in [-0.05, 0) is 74.6 Å². The Bertz CT molecular complexity index is 1360. The highest BCUT2D eigenvalue weighted by molar-refractivity contribution is 5.89. The molecule has 1 aliphatic rings. The van der Waals surface area contributed by atoms with Crippen LogP contribution in [0.2, 0.25) is 0 Å². The van der Waals surface area contributed by atoms with Crippen molar-refractivity contribution in [1.82, 2.24) is 19.9 Å². The molecule has 0 spiro atoms. The molecule has 1 N–H and O–H groups in total. The minimum atomic E-state index is -0.0908. The van der Waals surface area contributed by atoms with Crippen LogP contribution in [0.25, 0.3) is 39.1 Å². The number of imidazole rings is 1. The zero-order valence-corrected chi connectivity index (χ0v) is 18.8. The number of benzene rings is 1. The number of esters is 1. The van der Waals surface area contributed by atoms with Gasteiger partial charge in [0.25, 0.3) is 0 Å². The fourth-order valence-electron chi connectivity index (χ4n) is 4.42. The largest absolute Gasteiger partial charge is 0.466 e. The minimum absolute atomic E-state index is 0.0398. The average Bonchev–Trinajstić information content (AvgIpc) is 3.34. The summed E-state index contributed by atoms with van der Waals surface area (Å²) in [6.07, 6.45) is 8.16. The molecule has 0 radical (unpaired) electrons. The number of aryl methyl sites for hydroxylation is 1. The summed E-state index contributed by atoms with van der Waals surface area (Å²) < 4.78 is 5.18. The SMILES string of the molecule is CCOC(=O)C1CC=C(c2cnc3ccc(-c4nc[nH]c4-c4cccc(C)n4)cc3c2)CC1. The van der Waals surface area contributed by atoms with Gasteiger partial charge in [-0.3, -0.25) is 14.8 Å². The minimum Gasteiger partial charge on any atom is -0.466 e. The molecule has 5 rings (SSSR count). The summed E-state index contributed by atoms with van der Waals surface area (Å²) in [6, 6.07) is 14.4. The Labute approximate surface area is 192 Å². The zero-order valence-electron chi connectivity index (χ0n) is 18.8. The number of hydrogen-bond donors (Lipinski definition) is 1. The van der Waals surface area contributed by atoms with E-state index in [-0.39, 0.29) is 11.9 Å².